The number of hydrogen-bond acceptors (Lipinski definition) is 1. The van der Waals surface area contributed by atoms with E-state index < -0.39 is 0 Å². The molecular formula is C21H20ClN2O+. The van der Waals surface area contributed by atoms with Gasteiger partial charge in [0.15, 0.2) is 12.4 Å². The van der Waals surface area contributed by atoms with Gasteiger partial charge in [0.25, 0.3) is 5.91 Å². The van der Waals surface area contributed by atoms with Crippen molar-refractivity contribution in [3.63, 3.8) is 0 Å². The molecule has 0 spiro atoms. The second-order valence-electron chi connectivity index (χ2n) is 6.05. The molecule has 4 heteroatoms. The Morgan fingerprint density at radius 3 is 2.36 bits per heavy atom. The number of nitrogens with zero attached hydrogens (tertiary/aromatic N) is 1. The van der Waals surface area contributed by atoms with E-state index in [2.05, 4.69) is 17.4 Å². The monoisotopic (exact) mass is 351 g/mol. The van der Waals surface area contributed by atoms with Crippen molar-refractivity contribution in [3.05, 3.63) is 94.8 Å². The lowest BCUT2D eigenvalue weighted by molar-refractivity contribution is -0.684. The minimum atomic E-state index is -0.0827. The standard InChI is InChI=1S/C21H19ClN2O/c1-16-7-8-19(14-20(16)22)23-21(25)15-24-11-9-18(10-12-24)13-17-5-3-2-4-6-17/h2-12,14H,13,15H2,1H3/p+1. The summed E-state index contributed by atoms with van der Waals surface area (Å²) in [6.45, 7) is 2.19. The molecule has 25 heavy (non-hydrogen) atoms. The van der Waals surface area contributed by atoms with Gasteiger partial charge in [-0.05, 0) is 42.2 Å². The van der Waals surface area contributed by atoms with Crippen LogP contribution < -0.4 is 9.88 Å². The van der Waals surface area contributed by atoms with Crippen LogP contribution in [0.5, 0.6) is 0 Å². The van der Waals surface area contributed by atoms with Crippen molar-refractivity contribution in [3.8, 4) is 0 Å². The van der Waals surface area contributed by atoms with Crippen LogP contribution in [0.25, 0.3) is 0 Å². The molecule has 126 valence electrons. The van der Waals surface area contributed by atoms with Crippen LogP contribution in [0.15, 0.2) is 73.1 Å². The number of hydrogen-bond donors (Lipinski definition) is 1. The van der Waals surface area contributed by atoms with Crippen LogP contribution in [0.3, 0.4) is 0 Å². The lowest BCUT2D eigenvalue weighted by atomic mass is 10.1. The second kappa shape index (κ2) is 7.95. The highest BCUT2D eigenvalue weighted by Gasteiger charge is 2.10. The number of anilines is 1. The number of aryl methyl sites for hydroxylation is 1. The van der Waals surface area contributed by atoms with Gasteiger partial charge in [-0.2, -0.15) is 4.57 Å². The maximum absolute atomic E-state index is 12.2. The summed E-state index contributed by atoms with van der Waals surface area (Å²) < 4.78 is 1.86. The number of aromatic nitrogens is 1. The van der Waals surface area contributed by atoms with Crippen LogP contribution in [0.1, 0.15) is 16.7 Å². The molecule has 1 aromatic heterocycles. The Labute approximate surface area is 152 Å². The van der Waals surface area contributed by atoms with Gasteiger partial charge in [-0.25, -0.2) is 0 Å². The lowest BCUT2D eigenvalue weighted by Crippen LogP contribution is -2.39. The third kappa shape index (κ3) is 4.91. The highest BCUT2D eigenvalue weighted by atomic mass is 35.5. The molecule has 0 unspecified atom stereocenters. The van der Waals surface area contributed by atoms with Gasteiger partial charge in [0.05, 0.1) is 0 Å². The Morgan fingerprint density at radius 2 is 1.68 bits per heavy atom. The molecule has 1 heterocycles. The minimum Gasteiger partial charge on any atom is -0.321 e. The molecule has 3 aromatic rings. The predicted octanol–water partition coefficient (Wildman–Crippen LogP) is 4.17. The summed E-state index contributed by atoms with van der Waals surface area (Å²) in [5.41, 5.74) is 4.19. The fourth-order valence-electron chi connectivity index (χ4n) is 2.58. The Balaban J connectivity index is 1.59. The molecule has 0 bridgehead atoms. The zero-order chi connectivity index (χ0) is 17.6. The molecule has 0 saturated carbocycles. The third-order valence-corrected chi connectivity index (χ3v) is 4.40. The van der Waals surface area contributed by atoms with E-state index in [1.165, 1.54) is 11.1 Å². The summed E-state index contributed by atoms with van der Waals surface area (Å²) in [5.74, 6) is -0.0827. The van der Waals surface area contributed by atoms with Crippen LogP contribution in [-0.4, -0.2) is 5.91 Å². The van der Waals surface area contributed by atoms with Gasteiger partial charge in [-0.3, -0.25) is 4.79 Å². The summed E-state index contributed by atoms with van der Waals surface area (Å²) in [6.07, 6.45) is 4.75. The van der Waals surface area contributed by atoms with E-state index in [1.54, 1.807) is 6.07 Å². The third-order valence-electron chi connectivity index (χ3n) is 3.99. The number of nitrogens with one attached hydrogen (secondary N) is 1. The van der Waals surface area contributed by atoms with Crippen molar-refractivity contribution in [1.82, 2.24) is 0 Å². The fraction of sp³-hybridized carbons (Fsp3) is 0.143. The average Bonchev–Trinajstić information content (AvgIpc) is 2.61. The minimum absolute atomic E-state index is 0.0827. The first-order chi connectivity index (χ1) is 12.1. The number of carbonyl (C=O) groups excluding carboxylic acids is 1. The Kier molecular flexibility index (Phi) is 5.46. The Bertz CT molecular complexity index is 861. The summed E-state index contributed by atoms with van der Waals surface area (Å²) in [5, 5.41) is 3.52. The molecular weight excluding hydrogens is 332 g/mol. The molecule has 1 amide bonds. The van der Waals surface area contributed by atoms with Gasteiger partial charge in [0.2, 0.25) is 6.54 Å². The zero-order valence-electron chi connectivity index (χ0n) is 14.1. The number of pyridine rings is 1. The van der Waals surface area contributed by atoms with E-state index in [9.17, 15) is 4.79 Å². The van der Waals surface area contributed by atoms with Crippen molar-refractivity contribution in [2.45, 2.75) is 19.9 Å². The van der Waals surface area contributed by atoms with Crippen LogP contribution in [-0.2, 0) is 17.8 Å². The number of amides is 1. The summed E-state index contributed by atoms with van der Waals surface area (Å²) in [6, 6.07) is 19.9. The van der Waals surface area contributed by atoms with Crippen molar-refractivity contribution in [2.75, 3.05) is 5.32 Å². The van der Waals surface area contributed by atoms with E-state index >= 15 is 0 Å². The van der Waals surface area contributed by atoms with Crippen LogP contribution in [0.4, 0.5) is 5.69 Å². The van der Waals surface area contributed by atoms with Gasteiger partial charge in [0.1, 0.15) is 0 Å². The first-order valence-electron chi connectivity index (χ1n) is 8.18. The first kappa shape index (κ1) is 17.2. The van der Waals surface area contributed by atoms with Crippen LogP contribution in [0, 0.1) is 6.92 Å². The van der Waals surface area contributed by atoms with E-state index in [4.69, 9.17) is 11.6 Å². The summed E-state index contributed by atoms with van der Waals surface area (Å²) in [4.78, 5) is 12.2. The topological polar surface area (TPSA) is 33.0 Å². The molecule has 1 N–H and O–H groups in total. The fourth-order valence-corrected chi connectivity index (χ4v) is 2.76. The first-order valence-corrected chi connectivity index (χ1v) is 8.56. The molecule has 3 nitrogen and oxygen atoms in total. The SMILES string of the molecule is Cc1ccc(NC(=O)C[n+]2ccc(Cc3ccccc3)cc2)cc1Cl. The van der Waals surface area contributed by atoms with Crippen molar-refractivity contribution >= 4 is 23.2 Å². The second-order valence-corrected chi connectivity index (χ2v) is 6.46. The van der Waals surface area contributed by atoms with E-state index in [0.29, 0.717) is 10.7 Å². The van der Waals surface area contributed by atoms with Crippen LogP contribution >= 0.6 is 11.6 Å². The van der Waals surface area contributed by atoms with Gasteiger partial charge in [-0.1, -0.05) is 48.0 Å². The number of carbonyl (C=O) groups is 1. The highest BCUT2D eigenvalue weighted by molar-refractivity contribution is 6.31. The highest BCUT2D eigenvalue weighted by Crippen LogP contribution is 2.19. The number of halogens is 1. The maximum atomic E-state index is 12.2. The van der Waals surface area contributed by atoms with E-state index in [0.717, 1.165) is 12.0 Å². The average molecular weight is 352 g/mol. The molecule has 0 fully saturated rings. The Morgan fingerprint density at radius 1 is 1.00 bits per heavy atom. The largest absolute Gasteiger partial charge is 0.321 e. The molecule has 2 aromatic carbocycles. The van der Waals surface area contributed by atoms with Gasteiger partial charge in [0, 0.05) is 22.8 Å². The molecule has 0 saturated heterocycles. The van der Waals surface area contributed by atoms with Crippen LogP contribution in [0.2, 0.25) is 5.02 Å². The Hall–Kier alpha value is -2.65. The van der Waals surface area contributed by atoms with Gasteiger partial charge >= 0.3 is 0 Å². The number of benzene rings is 2. The molecule has 0 aliphatic rings. The molecule has 0 aliphatic heterocycles. The normalized spacial score (nSPS) is 10.5. The summed E-state index contributed by atoms with van der Waals surface area (Å²) >= 11 is 6.08. The number of rotatable bonds is 5. The smallest absolute Gasteiger partial charge is 0.290 e. The zero-order valence-corrected chi connectivity index (χ0v) is 14.8. The van der Waals surface area contributed by atoms with Gasteiger partial charge < -0.3 is 5.32 Å². The summed E-state index contributed by atoms with van der Waals surface area (Å²) in [7, 11) is 0. The quantitative estimate of drug-likeness (QED) is 0.688. The molecule has 0 aliphatic carbocycles. The maximum Gasteiger partial charge on any atom is 0.290 e. The van der Waals surface area contributed by atoms with E-state index in [1.807, 2.05) is 66.3 Å². The molecule has 0 atom stereocenters. The lowest BCUT2D eigenvalue weighted by Gasteiger charge is -2.05. The van der Waals surface area contributed by atoms with Crippen molar-refractivity contribution in [1.29, 1.82) is 0 Å². The van der Waals surface area contributed by atoms with Gasteiger partial charge in [-0.15, -0.1) is 0 Å². The predicted molar refractivity (Wildman–Crippen MR) is 101 cm³/mol. The van der Waals surface area contributed by atoms with Crippen molar-refractivity contribution < 1.29 is 9.36 Å². The molecule has 3 rings (SSSR count). The van der Waals surface area contributed by atoms with E-state index in [-0.39, 0.29) is 12.5 Å². The molecule has 0 radical (unpaired) electrons. The van der Waals surface area contributed by atoms with Crippen molar-refractivity contribution in [2.24, 2.45) is 0 Å².